The third kappa shape index (κ3) is 4.32. The molecule has 122 valence electrons. The summed E-state index contributed by atoms with van der Waals surface area (Å²) in [6.45, 7) is 10.2. The molecule has 2 heterocycles. The second-order valence-corrected chi connectivity index (χ2v) is 6.58. The minimum absolute atomic E-state index is 1.13. The zero-order valence-electron chi connectivity index (χ0n) is 14.3. The van der Waals surface area contributed by atoms with Gasteiger partial charge in [-0.05, 0) is 62.1 Å². The highest BCUT2D eigenvalue weighted by Crippen LogP contribution is 2.22. The summed E-state index contributed by atoms with van der Waals surface area (Å²) in [6, 6.07) is 11.0. The van der Waals surface area contributed by atoms with E-state index in [1.807, 2.05) is 18.5 Å². The Kier molecular flexibility index (Phi) is 5.29. The largest absolute Gasteiger partial charge is 0.369 e. The lowest BCUT2D eigenvalue weighted by Crippen LogP contribution is -2.46. The van der Waals surface area contributed by atoms with Gasteiger partial charge in [-0.2, -0.15) is 0 Å². The number of aryl methyl sites for hydroxylation is 3. The molecule has 1 aromatic heterocycles. The summed E-state index contributed by atoms with van der Waals surface area (Å²) in [7, 11) is 0. The molecular formula is C20H27N3. The van der Waals surface area contributed by atoms with Gasteiger partial charge in [-0.3, -0.25) is 9.88 Å². The number of hydrogen-bond donors (Lipinski definition) is 0. The van der Waals surface area contributed by atoms with Crippen molar-refractivity contribution in [3.05, 3.63) is 59.4 Å². The van der Waals surface area contributed by atoms with Crippen LogP contribution in [0, 0.1) is 13.8 Å². The molecule has 0 atom stereocenters. The molecule has 1 saturated heterocycles. The van der Waals surface area contributed by atoms with Crippen LogP contribution in [0.2, 0.25) is 0 Å². The Bertz CT molecular complexity index is 616. The van der Waals surface area contributed by atoms with E-state index in [1.165, 1.54) is 48.4 Å². The van der Waals surface area contributed by atoms with E-state index in [4.69, 9.17) is 0 Å². The van der Waals surface area contributed by atoms with Gasteiger partial charge in [0, 0.05) is 44.3 Å². The van der Waals surface area contributed by atoms with Gasteiger partial charge in [-0.25, -0.2) is 0 Å². The summed E-state index contributed by atoms with van der Waals surface area (Å²) >= 11 is 0. The first-order valence-corrected chi connectivity index (χ1v) is 8.66. The standard InChI is InChI=1S/C20H27N3/c1-17-7-8-18(2)20(15-17)23-13-11-22(12-14-23)10-4-6-19-5-3-9-21-16-19/h3,5,7-9,15-16H,4,6,10-14H2,1-2H3. The van der Waals surface area contributed by atoms with Gasteiger partial charge in [0.25, 0.3) is 0 Å². The molecule has 1 aliphatic heterocycles. The van der Waals surface area contributed by atoms with Crippen LogP contribution in [0.15, 0.2) is 42.7 Å². The van der Waals surface area contributed by atoms with Crippen LogP contribution < -0.4 is 4.90 Å². The van der Waals surface area contributed by atoms with Crippen LogP contribution in [0.4, 0.5) is 5.69 Å². The predicted octanol–water partition coefficient (Wildman–Crippen LogP) is 3.45. The summed E-state index contributed by atoms with van der Waals surface area (Å²) in [5.41, 5.74) is 5.51. The van der Waals surface area contributed by atoms with Gasteiger partial charge >= 0.3 is 0 Å². The van der Waals surface area contributed by atoms with E-state index < -0.39 is 0 Å². The molecule has 3 nitrogen and oxygen atoms in total. The predicted molar refractivity (Wildman–Crippen MR) is 97.1 cm³/mol. The summed E-state index contributed by atoms with van der Waals surface area (Å²) in [5.74, 6) is 0. The molecule has 0 bridgehead atoms. The lowest BCUT2D eigenvalue weighted by Gasteiger charge is -2.37. The average Bonchev–Trinajstić information content (AvgIpc) is 2.59. The SMILES string of the molecule is Cc1ccc(C)c(N2CCN(CCCc3cccnc3)CC2)c1. The lowest BCUT2D eigenvalue weighted by molar-refractivity contribution is 0.255. The second-order valence-electron chi connectivity index (χ2n) is 6.58. The van der Waals surface area contributed by atoms with Gasteiger partial charge in [0.05, 0.1) is 0 Å². The molecule has 0 N–H and O–H groups in total. The van der Waals surface area contributed by atoms with E-state index in [9.17, 15) is 0 Å². The lowest BCUT2D eigenvalue weighted by atomic mass is 10.1. The van der Waals surface area contributed by atoms with Crippen LogP contribution in [-0.2, 0) is 6.42 Å². The van der Waals surface area contributed by atoms with Crippen LogP contribution in [-0.4, -0.2) is 42.6 Å². The highest BCUT2D eigenvalue weighted by molar-refractivity contribution is 5.55. The van der Waals surface area contributed by atoms with E-state index in [1.54, 1.807) is 0 Å². The van der Waals surface area contributed by atoms with Gasteiger partial charge in [-0.15, -0.1) is 0 Å². The number of aromatic nitrogens is 1. The third-order valence-corrected chi connectivity index (χ3v) is 4.74. The molecular weight excluding hydrogens is 282 g/mol. The molecule has 0 aliphatic carbocycles. The van der Waals surface area contributed by atoms with Crippen LogP contribution >= 0.6 is 0 Å². The summed E-state index contributed by atoms with van der Waals surface area (Å²) < 4.78 is 0. The van der Waals surface area contributed by atoms with E-state index >= 15 is 0 Å². The van der Waals surface area contributed by atoms with Crippen molar-refractivity contribution in [1.82, 2.24) is 9.88 Å². The van der Waals surface area contributed by atoms with Crippen LogP contribution in [0.5, 0.6) is 0 Å². The molecule has 3 heteroatoms. The van der Waals surface area contributed by atoms with Crippen molar-refractivity contribution < 1.29 is 0 Å². The van der Waals surface area contributed by atoms with Gasteiger partial charge < -0.3 is 4.90 Å². The quantitative estimate of drug-likeness (QED) is 0.843. The zero-order chi connectivity index (χ0) is 16.1. The molecule has 0 unspecified atom stereocenters. The molecule has 23 heavy (non-hydrogen) atoms. The van der Waals surface area contributed by atoms with Crippen LogP contribution in [0.1, 0.15) is 23.1 Å². The third-order valence-electron chi connectivity index (χ3n) is 4.74. The first-order valence-electron chi connectivity index (χ1n) is 8.66. The Balaban J connectivity index is 1.46. The van der Waals surface area contributed by atoms with Crippen molar-refractivity contribution in [1.29, 1.82) is 0 Å². The number of rotatable bonds is 5. The molecule has 1 aromatic carbocycles. The highest BCUT2D eigenvalue weighted by Gasteiger charge is 2.18. The monoisotopic (exact) mass is 309 g/mol. The molecule has 0 spiro atoms. The fraction of sp³-hybridized carbons (Fsp3) is 0.450. The van der Waals surface area contributed by atoms with Crippen LogP contribution in [0.3, 0.4) is 0 Å². The number of pyridine rings is 1. The molecule has 0 radical (unpaired) electrons. The Hall–Kier alpha value is -1.87. The minimum Gasteiger partial charge on any atom is -0.369 e. The topological polar surface area (TPSA) is 19.4 Å². The van der Waals surface area contributed by atoms with E-state index in [0.29, 0.717) is 0 Å². The van der Waals surface area contributed by atoms with Gasteiger partial charge in [0.1, 0.15) is 0 Å². The number of piperazine rings is 1. The molecule has 0 saturated carbocycles. The Morgan fingerprint density at radius 2 is 1.87 bits per heavy atom. The van der Waals surface area contributed by atoms with Crippen molar-refractivity contribution >= 4 is 5.69 Å². The summed E-state index contributed by atoms with van der Waals surface area (Å²) in [5, 5.41) is 0. The van der Waals surface area contributed by atoms with E-state index in [0.717, 1.165) is 19.5 Å². The highest BCUT2D eigenvalue weighted by atomic mass is 15.3. The summed E-state index contributed by atoms with van der Waals surface area (Å²) in [4.78, 5) is 9.33. The zero-order valence-corrected chi connectivity index (χ0v) is 14.3. The normalized spacial score (nSPS) is 15.8. The molecule has 2 aromatic rings. The van der Waals surface area contributed by atoms with Gasteiger partial charge in [0.15, 0.2) is 0 Å². The van der Waals surface area contributed by atoms with Crippen molar-refractivity contribution in [2.45, 2.75) is 26.7 Å². The minimum atomic E-state index is 1.13. The smallest absolute Gasteiger partial charge is 0.0399 e. The van der Waals surface area contributed by atoms with Crippen LogP contribution in [0.25, 0.3) is 0 Å². The Morgan fingerprint density at radius 1 is 1.04 bits per heavy atom. The molecule has 0 amide bonds. The van der Waals surface area contributed by atoms with E-state index in [2.05, 4.69) is 52.9 Å². The van der Waals surface area contributed by atoms with E-state index in [-0.39, 0.29) is 0 Å². The van der Waals surface area contributed by atoms with Crippen molar-refractivity contribution in [2.24, 2.45) is 0 Å². The number of benzene rings is 1. The second kappa shape index (κ2) is 7.60. The number of anilines is 1. The summed E-state index contributed by atoms with van der Waals surface area (Å²) in [6.07, 6.45) is 6.18. The maximum Gasteiger partial charge on any atom is 0.0399 e. The molecule has 1 fully saturated rings. The molecule has 1 aliphatic rings. The fourth-order valence-electron chi connectivity index (χ4n) is 3.33. The number of hydrogen-bond acceptors (Lipinski definition) is 3. The first-order chi connectivity index (χ1) is 11.2. The maximum absolute atomic E-state index is 4.19. The average molecular weight is 309 g/mol. The maximum atomic E-state index is 4.19. The van der Waals surface area contributed by atoms with Gasteiger partial charge in [0.2, 0.25) is 0 Å². The first kappa shape index (κ1) is 16.0. The van der Waals surface area contributed by atoms with Crippen molar-refractivity contribution in [3.63, 3.8) is 0 Å². The Morgan fingerprint density at radius 3 is 2.61 bits per heavy atom. The van der Waals surface area contributed by atoms with Crippen molar-refractivity contribution in [2.75, 3.05) is 37.6 Å². The Labute approximate surface area is 140 Å². The number of nitrogens with zero attached hydrogens (tertiary/aromatic N) is 3. The molecule has 3 rings (SSSR count). The fourth-order valence-corrected chi connectivity index (χ4v) is 3.33. The van der Waals surface area contributed by atoms with Crippen molar-refractivity contribution in [3.8, 4) is 0 Å². The van der Waals surface area contributed by atoms with Gasteiger partial charge in [-0.1, -0.05) is 18.2 Å².